The smallest absolute Gasteiger partial charge is 0.320 e. The number of carboxylic acids is 1. The monoisotopic (exact) mass is 344 g/mol. The SMILES string of the molecule is CC(C(=O)O)N(CC(=O)NC(c1ccccc1)C1CCCC1)C1CC1. The molecule has 1 amide bonds. The highest BCUT2D eigenvalue weighted by atomic mass is 16.4. The largest absolute Gasteiger partial charge is 0.480 e. The summed E-state index contributed by atoms with van der Waals surface area (Å²) in [6.45, 7) is 1.83. The Kier molecular flexibility index (Phi) is 5.74. The zero-order valence-corrected chi connectivity index (χ0v) is 14.9. The van der Waals surface area contributed by atoms with Gasteiger partial charge in [0.25, 0.3) is 0 Å². The van der Waals surface area contributed by atoms with E-state index in [2.05, 4.69) is 17.4 Å². The quantitative estimate of drug-likeness (QED) is 0.761. The summed E-state index contributed by atoms with van der Waals surface area (Å²) in [6, 6.07) is 9.78. The predicted molar refractivity (Wildman–Crippen MR) is 96.1 cm³/mol. The number of carbonyl (C=O) groups is 2. The molecule has 2 fully saturated rings. The molecular weight excluding hydrogens is 316 g/mol. The van der Waals surface area contributed by atoms with Gasteiger partial charge in [0.1, 0.15) is 6.04 Å². The summed E-state index contributed by atoms with van der Waals surface area (Å²) in [5.74, 6) is -0.464. The molecule has 0 radical (unpaired) electrons. The van der Waals surface area contributed by atoms with Crippen LogP contribution in [0, 0.1) is 5.92 Å². The molecule has 3 rings (SSSR count). The zero-order valence-electron chi connectivity index (χ0n) is 14.9. The molecule has 1 aromatic carbocycles. The minimum Gasteiger partial charge on any atom is -0.480 e. The molecule has 5 heteroatoms. The Labute approximate surface area is 149 Å². The predicted octanol–water partition coefficient (Wildman–Crippen LogP) is 2.97. The van der Waals surface area contributed by atoms with Crippen molar-refractivity contribution >= 4 is 11.9 Å². The van der Waals surface area contributed by atoms with Crippen molar-refractivity contribution in [3.05, 3.63) is 35.9 Å². The summed E-state index contributed by atoms with van der Waals surface area (Å²) in [5.41, 5.74) is 1.15. The average molecular weight is 344 g/mol. The average Bonchev–Trinajstić information content (AvgIpc) is 3.31. The lowest BCUT2D eigenvalue weighted by Gasteiger charge is -2.29. The van der Waals surface area contributed by atoms with Gasteiger partial charge in [0.05, 0.1) is 12.6 Å². The molecule has 2 atom stereocenters. The fraction of sp³-hybridized carbons (Fsp3) is 0.600. The Morgan fingerprint density at radius 2 is 1.80 bits per heavy atom. The number of carboxylic acid groups (broad SMARTS) is 1. The molecule has 2 aliphatic rings. The van der Waals surface area contributed by atoms with E-state index in [4.69, 9.17) is 0 Å². The van der Waals surface area contributed by atoms with E-state index in [-0.39, 0.29) is 24.5 Å². The van der Waals surface area contributed by atoms with Crippen molar-refractivity contribution in [2.45, 2.75) is 63.6 Å². The second-order valence-electron chi connectivity index (χ2n) is 7.42. The van der Waals surface area contributed by atoms with Gasteiger partial charge in [-0.3, -0.25) is 14.5 Å². The first-order valence-electron chi connectivity index (χ1n) is 9.39. The third kappa shape index (κ3) is 4.60. The molecule has 1 aromatic rings. The van der Waals surface area contributed by atoms with Crippen LogP contribution in [0.4, 0.5) is 0 Å². The Hall–Kier alpha value is -1.88. The van der Waals surface area contributed by atoms with E-state index in [1.54, 1.807) is 6.92 Å². The molecule has 136 valence electrons. The maximum atomic E-state index is 12.7. The van der Waals surface area contributed by atoms with Gasteiger partial charge in [0.15, 0.2) is 0 Å². The number of amides is 1. The summed E-state index contributed by atoms with van der Waals surface area (Å²) in [7, 11) is 0. The van der Waals surface area contributed by atoms with Crippen molar-refractivity contribution in [2.75, 3.05) is 6.54 Å². The van der Waals surface area contributed by atoms with Crippen LogP contribution in [-0.2, 0) is 9.59 Å². The van der Waals surface area contributed by atoms with Gasteiger partial charge < -0.3 is 10.4 Å². The molecule has 0 aromatic heterocycles. The van der Waals surface area contributed by atoms with Crippen LogP contribution in [0.3, 0.4) is 0 Å². The molecule has 0 aliphatic heterocycles. The molecule has 5 nitrogen and oxygen atoms in total. The number of benzene rings is 1. The number of nitrogens with one attached hydrogen (secondary N) is 1. The van der Waals surface area contributed by atoms with Gasteiger partial charge in [-0.2, -0.15) is 0 Å². The van der Waals surface area contributed by atoms with Crippen LogP contribution in [0.15, 0.2) is 30.3 Å². The Morgan fingerprint density at radius 1 is 1.16 bits per heavy atom. The van der Waals surface area contributed by atoms with Crippen molar-refractivity contribution in [3.8, 4) is 0 Å². The molecule has 2 saturated carbocycles. The van der Waals surface area contributed by atoms with E-state index in [1.165, 1.54) is 12.8 Å². The van der Waals surface area contributed by atoms with Gasteiger partial charge in [-0.15, -0.1) is 0 Å². The van der Waals surface area contributed by atoms with Crippen LogP contribution in [0.5, 0.6) is 0 Å². The number of hydrogen-bond donors (Lipinski definition) is 2. The molecule has 2 aliphatic carbocycles. The third-order valence-electron chi connectivity index (χ3n) is 5.54. The number of rotatable bonds is 8. The van der Waals surface area contributed by atoms with Crippen LogP contribution < -0.4 is 5.32 Å². The lowest BCUT2D eigenvalue weighted by Crippen LogP contribution is -2.47. The fourth-order valence-electron chi connectivity index (χ4n) is 3.94. The molecule has 25 heavy (non-hydrogen) atoms. The maximum absolute atomic E-state index is 12.7. The molecule has 2 unspecified atom stereocenters. The molecule has 0 saturated heterocycles. The second kappa shape index (κ2) is 8.00. The normalized spacial score (nSPS) is 20.4. The van der Waals surface area contributed by atoms with Gasteiger partial charge in [0.2, 0.25) is 5.91 Å². The van der Waals surface area contributed by atoms with E-state index in [9.17, 15) is 14.7 Å². The maximum Gasteiger partial charge on any atom is 0.320 e. The van der Waals surface area contributed by atoms with E-state index in [1.807, 2.05) is 23.1 Å². The number of nitrogens with zero attached hydrogens (tertiary/aromatic N) is 1. The van der Waals surface area contributed by atoms with Crippen molar-refractivity contribution in [1.82, 2.24) is 10.2 Å². The van der Waals surface area contributed by atoms with Gasteiger partial charge >= 0.3 is 5.97 Å². The molecule has 0 heterocycles. The van der Waals surface area contributed by atoms with E-state index >= 15 is 0 Å². The van der Waals surface area contributed by atoms with Gasteiger partial charge in [-0.25, -0.2) is 0 Å². The lowest BCUT2D eigenvalue weighted by atomic mass is 9.91. The highest BCUT2D eigenvalue weighted by molar-refractivity contribution is 5.80. The Bertz CT molecular complexity index is 594. The molecule has 0 spiro atoms. The number of hydrogen-bond acceptors (Lipinski definition) is 3. The number of aliphatic carboxylic acids is 1. The standard InChI is InChI=1S/C20H28N2O3/c1-14(20(24)25)22(17-11-12-17)13-18(23)21-19(16-9-5-6-10-16)15-7-3-2-4-8-15/h2-4,7-8,14,16-17,19H,5-6,9-13H2,1H3,(H,21,23)(H,24,25). The first kappa shape index (κ1) is 17.9. The van der Waals surface area contributed by atoms with Crippen LogP contribution >= 0.6 is 0 Å². The minimum atomic E-state index is -0.866. The van der Waals surface area contributed by atoms with Crippen molar-refractivity contribution < 1.29 is 14.7 Å². The van der Waals surface area contributed by atoms with Crippen LogP contribution in [0.1, 0.15) is 57.1 Å². The highest BCUT2D eigenvalue weighted by Crippen LogP contribution is 2.36. The fourth-order valence-corrected chi connectivity index (χ4v) is 3.94. The summed E-state index contributed by atoms with van der Waals surface area (Å²) in [4.78, 5) is 25.9. The van der Waals surface area contributed by atoms with Crippen molar-refractivity contribution in [1.29, 1.82) is 0 Å². The number of carbonyl (C=O) groups excluding carboxylic acids is 1. The van der Waals surface area contributed by atoms with Crippen molar-refractivity contribution in [2.24, 2.45) is 5.92 Å². The first-order chi connectivity index (χ1) is 12.1. The minimum absolute atomic E-state index is 0.0254. The highest BCUT2D eigenvalue weighted by Gasteiger charge is 2.37. The van der Waals surface area contributed by atoms with Crippen molar-refractivity contribution in [3.63, 3.8) is 0 Å². The first-order valence-corrected chi connectivity index (χ1v) is 9.39. The molecule has 2 N–H and O–H groups in total. The summed E-state index contributed by atoms with van der Waals surface area (Å²) < 4.78 is 0. The molecule has 0 bridgehead atoms. The summed E-state index contributed by atoms with van der Waals surface area (Å²) in [6.07, 6.45) is 6.67. The van der Waals surface area contributed by atoms with Crippen LogP contribution in [-0.4, -0.2) is 40.5 Å². The van der Waals surface area contributed by atoms with Crippen LogP contribution in [0.2, 0.25) is 0 Å². The van der Waals surface area contributed by atoms with Gasteiger partial charge in [-0.1, -0.05) is 43.2 Å². The van der Waals surface area contributed by atoms with E-state index < -0.39 is 12.0 Å². The summed E-state index contributed by atoms with van der Waals surface area (Å²) >= 11 is 0. The van der Waals surface area contributed by atoms with E-state index in [0.717, 1.165) is 31.2 Å². The van der Waals surface area contributed by atoms with Gasteiger partial charge in [0, 0.05) is 6.04 Å². The van der Waals surface area contributed by atoms with Crippen LogP contribution in [0.25, 0.3) is 0 Å². The molecular formula is C20H28N2O3. The summed E-state index contributed by atoms with van der Waals surface area (Å²) in [5, 5.41) is 12.5. The van der Waals surface area contributed by atoms with E-state index in [0.29, 0.717) is 5.92 Å². The topological polar surface area (TPSA) is 69.6 Å². The Balaban J connectivity index is 1.68. The van der Waals surface area contributed by atoms with Gasteiger partial charge in [-0.05, 0) is 44.1 Å². The zero-order chi connectivity index (χ0) is 17.8. The second-order valence-corrected chi connectivity index (χ2v) is 7.42. The third-order valence-corrected chi connectivity index (χ3v) is 5.54. The Morgan fingerprint density at radius 3 is 2.36 bits per heavy atom. The lowest BCUT2D eigenvalue weighted by molar-refractivity contribution is -0.143.